The van der Waals surface area contributed by atoms with Crippen LogP contribution in [0.4, 0.5) is 0 Å². The van der Waals surface area contributed by atoms with Crippen molar-refractivity contribution < 1.29 is 9.59 Å². The van der Waals surface area contributed by atoms with Crippen molar-refractivity contribution in [2.75, 3.05) is 0 Å². The van der Waals surface area contributed by atoms with E-state index in [1.807, 2.05) is 30.3 Å². The fourth-order valence-corrected chi connectivity index (χ4v) is 2.07. The number of hydrogen-bond donors (Lipinski definition) is 1. The Morgan fingerprint density at radius 3 is 2.40 bits per heavy atom. The van der Waals surface area contributed by atoms with Gasteiger partial charge >= 0.3 is 0 Å². The van der Waals surface area contributed by atoms with Crippen molar-refractivity contribution in [2.45, 2.75) is 20.4 Å². The summed E-state index contributed by atoms with van der Waals surface area (Å²) < 4.78 is 1.60. The molecule has 0 radical (unpaired) electrons. The fraction of sp³-hybridized carbons (Fsp3) is 0.267. The standard InChI is InChI=1S/C15H17N3O2/c1-10-13(11(2)18(3)17-10)14(19)15(20)16-9-12-7-5-4-6-8-12/h4-8H,9H2,1-3H3,(H,16,20). The molecule has 0 atom stereocenters. The van der Waals surface area contributed by atoms with Crippen molar-refractivity contribution in [3.8, 4) is 0 Å². The largest absolute Gasteiger partial charge is 0.345 e. The number of nitrogens with one attached hydrogen (secondary N) is 1. The lowest BCUT2D eigenvalue weighted by molar-refractivity contribution is -0.117. The van der Waals surface area contributed by atoms with E-state index in [1.54, 1.807) is 25.6 Å². The molecular weight excluding hydrogens is 254 g/mol. The number of amides is 1. The molecule has 0 saturated heterocycles. The minimum Gasteiger partial charge on any atom is -0.345 e. The van der Waals surface area contributed by atoms with Gasteiger partial charge in [0.1, 0.15) is 0 Å². The van der Waals surface area contributed by atoms with Gasteiger partial charge in [0.05, 0.1) is 11.3 Å². The highest BCUT2D eigenvalue weighted by Crippen LogP contribution is 2.12. The third kappa shape index (κ3) is 2.77. The van der Waals surface area contributed by atoms with Gasteiger partial charge in [0.25, 0.3) is 11.7 Å². The van der Waals surface area contributed by atoms with Crippen molar-refractivity contribution in [3.63, 3.8) is 0 Å². The molecule has 5 heteroatoms. The maximum Gasteiger partial charge on any atom is 0.292 e. The van der Waals surface area contributed by atoms with E-state index in [0.717, 1.165) is 5.56 Å². The number of ketones is 1. The molecular formula is C15H17N3O2. The third-order valence-corrected chi connectivity index (χ3v) is 3.24. The van der Waals surface area contributed by atoms with Gasteiger partial charge in [-0.25, -0.2) is 0 Å². The summed E-state index contributed by atoms with van der Waals surface area (Å²) >= 11 is 0. The predicted octanol–water partition coefficient (Wildman–Crippen LogP) is 1.54. The molecule has 1 aromatic carbocycles. The minimum absolute atomic E-state index is 0.337. The average Bonchev–Trinajstić information content (AvgIpc) is 2.70. The summed E-state index contributed by atoms with van der Waals surface area (Å²) in [5, 5.41) is 6.78. The topological polar surface area (TPSA) is 64.0 Å². The molecule has 0 aliphatic rings. The van der Waals surface area contributed by atoms with Crippen LogP contribution in [0.25, 0.3) is 0 Å². The first-order valence-electron chi connectivity index (χ1n) is 6.37. The second-order valence-electron chi connectivity index (χ2n) is 4.67. The quantitative estimate of drug-likeness (QED) is 0.677. The van der Waals surface area contributed by atoms with Crippen molar-refractivity contribution in [2.24, 2.45) is 7.05 Å². The second-order valence-corrected chi connectivity index (χ2v) is 4.67. The molecule has 0 aliphatic carbocycles. The van der Waals surface area contributed by atoms with E-state index in [0.29, 0.717) is 23.5 Å². The summed E-state index contributed by atoms with van der Waals surface area (Å²) in [4.78, 5) is 24.1. The van der Waals surface area contributed by atoms with Gasteiger partial charge in [-0.05, 0) is 19.4 Å². The van der Waals surface area contributed by atoms with Crippen LogP contribution in [0.15, 0.2) is 30.3 Å². The highest BCUT2D eigenvalue weighted by atomic mass is 16.2. The van der Waals surface area contributed by atoms with Gasteiger partial charge in [-0.3, -0.25) is 14.3 Å². The zero-order valence-corrected chi connectivity index (χ0v) is 11.8. The highest BCUT2D eigenvalue weighted by Gasteiger charge is 2.23. The molecule has 1 N–H and O–H groups in total. The lowest BCUT2D eigenvalue weighted by Crippen LogP contribution is -2.31. The highest BCUT2D eigenvalue weighted by molar-refractivity contribution is 6.43. The summed E-state index contributed by atoms with van der Waals surface area (Å²) in [5.74, 6) is -1.14. The Hall–Kier alpha value is -2.43. The van der Waals surface area contributed by atoms with Gasteiger partial charge in [-0.2, -0.15) is 5.10 Å². The maximum atomic E-state index is 12.2. The summed E-state index contributed by atoms with van der Waals surface area (Å²) in [6, 6.07) is 9.47. The number of aryl methyl sites for hydroxylation is 2. The second kappa shape index (κ2) is 5.69. The fourth-order valence-electron chi connectivity index (χ4n) is 2.07. The summed E-state index contributed by atoms with van der Waals surface area (Å²) in [7, 11) is 1.75. The van der Waals surface area contributed by atoms with Crippen LogP contribution in [0.1, 0.15) is 27.3 Å². The van der Waals surface area contributed by atoms with Gasteiger partial charge < -0.3 is 5.32 Å². The molecule has 5 nitrogen and oxygen atoms in total. The Kier molecular flexibility index (Phi) is 3.98. The van der Waals surface area contributed by atoms with Crippen molar-refractivity contribution in [3.05, 3.63) is 52.8 Å². The molecule has 1 heterocycles. The van der Waals surface area contributed by atoms with Crippen LogP contribution in [-0.2, 0) is 18.4 Å². The van der Waals surface area contributed by atoms with Gasteiger partial charge in [-0.15, -0.1) is 0 Å². The van der Waals surface area contributed by atoms with Gasteiger partial charge in [0, 0.05) is 19.3 Å². The molecule has 0 aliphatic heterocycles. The zero-order valence-electron chi connectivity index (χ0n) is 11.8. The molecule has 0 fully saturated rings. The summed E-state index contributed by atoms with van der Waals surface area (Å²) in [6.45, 7) is 3.84. The molecule has 104 valence electrons. The van der Waals surface area contributed by atoms with Crippen LogP contribution in [0.5, 0.6) is 0 Å². The normalized spacial score (nSPS) is 10.3. The average molecular weight is 271 g/mol. The number of carbonyl (C=O) groups is 2. The summed E-state index contributed by atoms with van der Waals surface area (Å²) in [6.07, 6.45) is 0. The zero-order chi connectivity index (χ0) is 14.7. The number of hydrogen-bond acceptors (Lipinski definition) is 3. The van der Waals surface area contributed by atoms with E-state index >= 15 is 0 Å². The minimum atomic E-state index is -0.604. The van der Waals surface area contributed by atoms with Crippen LogP contribution in [0, 0.1) is 13.8 Å². The predicted molar refractivity (Wildman–Crippen MR) is 75.3 cm³/mol. The molecule has 2 aromatic rings. The van der Waals surface area contributed by atoms with E-state index in [4.69, 9.17) is 0 Å². The first kappa shape index (κ1) is 14.0. The Morgan fingerprint density at radius 2 is 1.85 bits per heavy atom. The van der Waals surface area contributed by atoms with Gasteiger partial charge in [-0.1, -0.05) is 30.3 Å². The van der Waals surface area contributed by atoms with E-state index in [9.17, 15) is 9.59 Å². The number of carbonyl (C=O) groups excluding carboxylic acids is 2. The molecule has 0 spiro atoms. The van der Waals surface area contributed by atoms with Crippen LogP contribution in [-0.4, -0.2) is 21.5 Å². The van der Waals surface area contributed by atoms with Crippen molar-refractivity contribution in [1.82, 2.24) is 15.1 Å². The SMILES string of the molecule is Cc1nn(C)c(C)c1C(=O)C(=O)NCc1ccccc1. The molecule has 0 saturated carbocycles. The van der Waals surface area contributed by atoms with Gasteiger partial charge in [0.2, 0.25) is 0 Å². The van der Waals surface area contributed by atoms with E-state index in [-0.39, 0.29) is 0 Å². The maximum absolute atomic E-state index is 12.2. The smallest absolute Gasteiger partial charge is 0.292 e. The molecule has 1 amide bonds. The molecule has 0 bridgehead atoms. The van der Waals surface area contributed by atoms with Crippen LogP contribution < -0.4 is 5.32 Å². The Balaban J connectivity index is 2.08. The molecule has 20 heavy (non-hydrogen) atoms. The first-order valence-corrected chi connectivity index (χ1v) is 6.37. The number of rotatable bonds is 4. The molecule has 0 unspecified atom stereocenters. The molecule has 1 aromatic heterocycles. The Morgan fingerprint density at radius 1 is 1.20 bits per heavy atom. The number of Topliss-reactive ketones (excluding diaryl/α,β-unsaturated/α-hetero) is 1. The Labute approximate surface area is 117 Å². The monoisotopic (exact) mass is 271 g/mol. The van der Waals surface area contributed by atoms with Crippen molar-refractivity contribution >= 4 is 11.7 Å². The number of benzene rings is 1. The van der Waals surface area contributed by atoms with Crippen LogP contribution in [0.3, 0.4) is 0 Å². The number of nitrogens with zero attached hydrogens (tertiary/aromatic N) is 2. The van der Waals surface area contributed by atoms with Crippen LogP contribution >= 0.6 is 0 Å². The van der Waals surface area contributed by atoms with Crippen molar-refractivity contribution in [1.29, 1.82) is 0 Å². The first-order chi connectivity index (χ1) is 9.50. The van der Waals surface area contributed by atoms with E-state index < -0.39 is 11.7 Å². The summed E-state index contributed by atoms with van der Waals surface area (Å²) in [5.41, 5.74) is 2.61. The number of aromatic nitrogens is 2. The lowest BCUT2D eigenvalue weighted by Gasteiger charge is -2.05. The lowest BCUT2D eigenvalue weighted by atomic mass is 10.1. The van der Waals surface area contributed by atoms with Gasteiger partial charge in [0.15, 0.2) is 0 Å². The van der Waals surface area contributed by atoms with Crippen LogP contribution in [0.2, 0.25) is 0 Å². The third-order valence-electron chi connectivity index (χ3n) is 3.24. The van der Waals surface area contributed by atoms with E-state index in [1.165, 1.54) is 0 Å². The Bertz CT molecular complexity index is 645. The van der Waals surface area contributed by atoms with E-state index in [2.05, 4.69) is 10.4 Å². The molecule has 2 rings (SSSR count).